The maximum absolute atomic E-state index is 9.20. The van der Waals surface area contributed by atoms with E-state index in [0.29, 0.717) is 6.04 Å². The topological polar surface area (TPSA) is 36.4 Å². The molecule has 2 rings (SSSR count). The summed E-state index contributed by atoms with van der Waals surface area (Å²) in [7, 11) is 0. The van der Waals surface area contributed by atoms with Crippen LogP contribution >= 0.6 is 0 Å². The van der Waals surface area contributed by atoms with E-state index in [9.17, 15) is 5.11 Å². The third-order valence-electron chi connectivity index (χ3n) is 3.05. The van der Waals surface area contributed by atoms with Crippen LogP contribution in [0.25, 0.3) is 0 Å². The van der Waals surface area contributed by atoms with Gasteiger partial charge in [-0.25, -0.2) is 0 Å². The van der Waals surface area contributed by atoms with E-state index in [0.717, 1.165) is 25.2 Å². The molecule has 1 unspecified atom stereocenters. The van der Waals surface area contributed by atoms with Crippen molar-refractivity contribution >= 4 is 0 Å². The molecule has 0 saturated carbocycles. The zero-order valence-corrected chi connectivity index (χ0v) is 9.19. The Bertz CT molecular complexity index is 310. The second-order valence-electron chi connectivity index (χ2n) is 4.28. The third-order valence-corrected chi connectivity index (χ3v) is 3.05. The molecule has 0 aromatic carbocycles. The van der Waals surface area contributed by atoms with Crippen LogP contribution < -0.4 is 0 Å². The van der Waals surface area contributed by atoms with Crippen molar-refractivity contribution in [2.75, 3.05) is 13.2 Å². The summed E-state index contributed by atoms with van der Waals surface area (Å²) in [4.78, 5) is 6.70. The van der Waals surface area contributed by atoms with Crippen molar-refractivity contribution in [1.82, 2.24) is 9.88 Å². The van der Waals surface area contributed by atoms with E-state index in [-0.39, 0.29) is 6.61 Å². The Labute approximate surface area is 90.8 Å². The summed E-state index contributed by atoms with van der Waals surface area (Å²) in [6, 6.07) is 4.50. The van der Waals surface area contributed by atoms with Gasteiger partial charge in [-0.2, -0.15) is 0 Å². The highest BCUT2D eigenvalue weighted by Gasteiger charge is 2.23. The molecule has 1 aromatic rings. The lowest BCUT2D eigenvalue weighted by Gasteiger charge is -2.21. The number of aromatic nitrogens is 1. The number of aliphatic hydroxyl groups excluding tert-OH is 1. The highest BCUT2D eigenvalue weighted by atomic mass is 16.3. The molecule has 3 heteroatoms. The monoisotopic (exact) mass is 206 g/mol. The fraction of sp³-hybridized carbons (Fsp3) is 0.583. The van der Waals surface area contributed by atoms with Gasteiger partial charge in [0.05, 0.1) is 12.3 Å². The fourth-order valence-corrected chi connectivity index (χ4v) is 2.11. The zero-order chi connectivity index (χ0) is 10.7. The van der Waals surface area contributed by atoms with Crippen LogP contribution in [0.5, 0.6) is 0 Å². The lowest BCUT2D eigenvalue weighted by atomic mass is 10.2. The minimum atomic E-state index is 0.270. The SMILES string of the molecule is Cc1ccc(CN2CCCC2CO)nc1. The lowest BCUT2D eigenvalue weighted by molar-refractivity contribution is 0.152. The van der Waals surface area contributed by atoms with Crippen molar-refractivity contribution in [3.63, 3.8) is 0 Å². The van der Waals surface area contributed by atoms with Gasteiger partial charge in [0.2, 0.25) is 0 Å². The van der Waals surface area contributed by atoms with Crippen molar-refractivity contribution in [3.8, 4) is 0 Å². The minimum absolute atomic E-state index is 0.270. The predicted molar refractivity (Wildman–Crippen MR) is 59.5 cm³/mol. The molecule has 1 aliphatic heterocycles. The third kappa shape index (κ3) is 2.55. The van der Waals surface area contributed by atoms with Crippen LogP contribution in [0.4, 0.5) is 0 Å². The average molecular weight is 206 g/mol. The van der Waals surface area contributed by atoms with Gasteiger partial charge in [0.25, 0.3) is 0 Å². The Morgan fingerprint density at radius 1 is 1.53 bits per heavy atom. The highest BCUT2D eigenvalue weighted by molar-refractivity contribution is 5.12. The molecule has 1 saturated heterocycles. The Hall–Kier alpha value is -0.930. The van der Waals surface area contributed by atoms with Crippen LogP contribution in [0.15, 0.2) is 18.3 Å². The van der Waals surface area contributed by atoms with Crippen LogP contribution in [0.2, 0.25) is 0 Å². The summed E-state index contributed by atoms with van der Waals surface area (Å²) >= 11 is 0. The first kappa shape index (κ1) is 10.6. The molecule has 0 radical (unpaired) electrons. The molecule has 0 aliphatic carbocycles. The summed E-state index contributed by atoms with van der Waals surface area (Å²) in [5.74, 6) is 0. The van der Waals surface area contributed by atoms with Crippen molar-refractivity contribution < 1.29 is 5.11 Å². The van der Waals surface area contributed by atoms with Crippen molar-refractivity contribution in [2.24, 2.45) is 0 Å². The number of rotatable bonds is 3. The van der Waals surface area contributed by atoms with Gasteiger partial charge < -0.3 is 5.11 Å². The molecule has 0 amide bonds. The Morgan fingerprint density at radius 2 is 2.40 bits per heavy atom. The first-order valence-electron chi connectivity index (χ1n) is 5.56. The molecule has 15 heavy (non-hydrogen) atoms. The van der Waals surface area contributed by atoms with Gasteiger partial charge in [0.1, 0.15) is 0 Å². The van der Waals surface area contributed by atoms with Crippen molar-refractivity contribution in [1.29, 1.82) is 0 Å². The number of likely N-dealkylation sites (tertiary alicyclic amines) is 1. The number of aliphatic hydroxyl groups is 1. The first-order valence-corrected chi connectivity index (χ1v) is 5.56. The Morgan fingerprint density at radius 3 is 3.07 bits per heavy atom. The quantitative estimate of drug-likeness (QED) is 0.811. The number of pyridine rings is 1. The molecular formula is C12H18N2O. The summed E-state index contributed by atoms with van der Waals surface area (Å²) in [6.45, 7) is 4.27. The number of aryl methyl sites for hydroxylation is 1. The second kappa shape index (κ2) is 4.73. The summed E-state index contributed by atoms with van der Waals surface area (Å²) in [5, 5.41) is 9.20. The van der Waals surface area contributed by atoms with Gasteiger partial charge in [0, 0.05) is 18.8 Å². The van der Waals surface area contributed by atoms with Gasteiger partial charge >= 0.3 is 0 Å². The second-order valence-corrected chi connectivity index (χ2v) is 4.28. The number of nitrogens with zero attached hydrogens (tertiary/aromatic N) is 2. The molecule has 0 bridgehead atoms. The van der Waals surface area contributed by atoms with Gasteiger partial charge in [-0.15, -0.1) is 0 Å². The van der Waals surface area contributed by atoms with Crippen LogP contribution in [0.3, 0.4) is 0 Å². The molecular weight excluding hydrogens is 188 g/mol. The molecule has 0 spiro atoms. The summed E-state index contributed by atoms with van der Waals surface area (Å²) in [5.41, 5.74) is 2.29. The van der Waals surface area contributed by atoms with E-state index in [1.54, 1.807) is 0 Å². The van der Waals surface area contributed by atoms with Crippen molar-refractivity contribution in [2.45, 2.75) is 32.4 Å². The predicted octanol–water partition coefficient (Wildman–Crippen LogP) is 1.35. The summed E-state index contributed by atoms with van der Waals surface area (Å²) in [6.07, 6.45) is 4.21. The fourth-order valence-electron chi connectivity index (χ4n) is 2.11. The average Bonchev–Trinajstić information content (AvgIpc) is 2.69. The molecule has 1 fully saturated rings. The lowest BCUT2D eigenvalue weighted by Crippen LogP contribution is -2.31. The zero-order valence-electron chi connectivity index (χ0n) is 9.19. The molecule has 82 valence electrons. The Kier molecular flexibility index (Phi) is 3.34. The standard InChI is InChI=1S/C12H18N2O/c1-10-4-5-11(13-7-10)8-14-6-2-3-12(14)9-15/h4-5,7,12,15H,2-3,6,8-9H2,1H3. The molecule has 1 aromatic heterocycles. The van der Waals surface area contributed by atoms with E-state index >= 15 is 0 Å². The first-order chi connectivity index (χ1) is 7.29. The molecule has 1 N–H and O–H groups in total. The van der Waals surface area contributed by atoms with Gasteiger partial charge in [-0.3, -0.25) is 9.88 Å². The van der Waals surface area contributed by atoms with Crippen LogP contribution in [-0.2, 0) is 6.54 Å². The van der Waals surface area contributed by atoms with E-state index < -0.39 is 0 Å². The molecule has 3 nitrogen and oxygen atoms in total. The molecule has 1 atom stereocenters. The highest BCUT2D eigenvalue weighted by Crippen LogP contribution is 2.18. The van der Waals surface area contributed by atoms with Crippen molar-refractivity contribution in [3.05, 3.63) is 29.6 Å². The van der Waals surface area contributed by atoms with Crippen LogP contribution in [0.1, 0.15) is 24.1 Å². The smallest absolute Gasteiger partial charge is 0.0587 e. The normalized spacial score (nSPS) is 22.1. The maximum Gasteiger partial charge on any atom is 0.0587 e. The largest absolute Gasteiger partial charge is 0.395 e. The molecule has 2 heterocycles. The van der Waals surface area contributed by atoms with Gasteiger partial charge in [0.15, 0.2) is 0 Å². The number of hydrogen-bond donors (Lipinski definition) is 1. The van der Waals surface area contributed by atoms with E-state index in [1.807, 2.05) is 13.1 Å². The van der Waals surface area contributed by atoms with E-state index in [1.165, 1.54) is 12.0 Å². The van der Waals surface area contributed by atoms with E-state index in [2.05, 4.69) is 22.0 Å². The Balaban J connectivity index is 1.99. The van der Waals surface area contributed by atoms with Gasteiger partial charge in [-0.05, 0) is 37.9 Å². The van der Waals surface area contributed by atoms with Crippen LogP contribution in [0, 0.1) is 6.92 Å². The summed E-state index contributed by atoms with van der Waals surface area (Å²) < 4.78 is 0. The van der Waals surface area contributed by atoms with E-state index in [4.69, 9.17) is 0 Å². The van der Waals surface area contributed by atoms with Crippen LogP contribution in [-0.4, -0.2) is 34.2 Å². The minimum Gasteiger partial charge on any atom is -0.395 e. The number of hydrogen-bond acceptors (Lipinski definition) is 3. The van der Waals surface area contributed by atoms with Gasteiger partial charge in [-0.1, -0.05) is 6.07 Å². The molecule has 1 aliphatic rings. The maximum atomic E-state index is 9.20.